The molecule has 1 fully saturated rings. The SMILES string of the molecule is COc1ccc(P(O[C@H]2[C@H](OP(c3ccc(OC)cc3)c3ccc(OC)cc3)[C@@H](CO[Si](c3ccccc3)(c3ccccc3)C(C)(C)C)O[C@@H]2CO[Si](c2ccccc2)(c2ccccc2)C(C)(C)C)c2ccc(OC)cc2)cc1. The van der Waals surface area contributed by atoms with Crippen LogP contribution in [0.15, 0.2) is 218 Å². The quantitative estimate of drug-likeness (QED) is 0.0487. The van der Waals surface area contributed by atoms with Crippen LogP contribution in [-0.2, 0) is 22.6 Å². The van der Waals surface area contributed by atoms with Crippen molar-refractivity contribution in [1.82, 2.24) is 0 Å². The Balaban J connectivity index is 1.25. The highest BCUT2D eigenvalue weighted by molar-refractivity contribution is 7.69. The van der Waals surface area contributed by atoms with Crippen molar-refractivity contribution in [1.29, 1.82) is 0 Å². The molecule has 410 valence electrons. The first-order valence-corrected chi connectivity index (χ1v) is 33.2. The van der Waals surface area contributed by atoms with E-state index in [1.807, 2.05) is 48.5 Å². The van der Waals surface area contributed by atoms with E-state index in [2.05, 4.69) is 211 Å². The molecule has 0 N–H and O–H groups in total. The van der Waals surface area contributed by atoms with Gasteiger partial charge in [0.25, 0.3) is 16.6 Å². The third-order valence-corrected chi connectivity index (χ3v) is 28.8. The normalized spacial score (nSPS) is 17.0. The summed E-state index contributed by atoms with van der Waals surface area (Å²) in [6.45, 7) is 14.2. The zero-order chi connectivity index (χ0) is 55.6. The number of benzene rings is 8. The summed E-state index contributed by atoms with van der Waals surface area (Å²) in [5.41, 5.74) is 0. The average Bonchev–Trinajstić information content (AvgIpc) is 3.98. The number of rotatable bonds is 22. The third kappa shape index (κ3) is 12.5. The topological polar surface area (TPSA) is 83.1 Å². The Morgan fingerprint density at radius 3 is 0.772 bits per heavy atom. The van der Waals surface area contributed by atoms with E-state index in [0.717, 1.165) is 44.2 Å². The third-order valence-electron chi connectivity index (χ3n) is 14.9. The summed E-state index contributed by atoms with van der Waals surface area (Å²) in [6, 6.07) is 75.8. The molecule has 0 amide bonds. The van der Waals surface area contributed by atoms with E-state index >= 15 is 0 Å². The molecule has 4 atom stereocenters. The van der Waals surface area contributed by atoms with Crippen molar-refractivity contribution < 1.29 is 41.6 Å². The first-order valence-electron chi connectivity index (χ1n) is 26.9. The molecule has 0 spiro atoms. The second-order valence-electron chi connectivity index (χ2n) is 21.7. The van der Waals surface area contributed by atoms with Crippen LogP contribution in [0.1, 0.15) is 41.5 Å². The Morgan fingerprint density at radius 1 is 0.342 bits per heavy atom. The minimum atomic E-state index is -3.14. The maximum atomic E-state index is 7.96. The van der Waals surface area contributed by atoms with Gasteiger partial charge in [0.15, 0.2) is 0 Å². The van der Waals surface area contributed by atoms with Gasteiger partial charge in [0, 0.05) is 21.2 Å². The number of ether oxygens (including phenoxy) is 5. The fourth-order valence-electron chi connectivity index (χ4n) is 10.9. The fourth-order valence-corrected chi connectivity index (χ4v) is 23.8. The largest absolute Gasteiger partial charge is 0.497 e. The van der Waals surface area contributed by atoms with E-state index in [0.29, 0.717) is 0 Å². The second-order valence-corrected chi connectivity index (χ2v) is 34.0. The van der Waals surface area contributed by atoms with Gasteiger partial charge in [0.05, 0.1) is 57.9 Å². The van der Waals surface area contributed by atoms with Crippen molar-refractivity contribution in [2.24, 2.45) is 0 Å². The molecule has 9 rings (SSSR count). The van der Waals surface area contributed by atoms with Crippen molar-refractivity contribution in [3.8, 4) is 23.0 Å². The van der Waals surface area contributed by atoms with Gasteiger partial charge in [-0.3, -0.25) is 0 Å². The van der Waals surface area contributed by atoms with Crippen molar-refractivity contribution in [3.05, 3.63) is 218 Å². The van der Waals surface area contributed by atoms with Crippen LogP contribution in [0, 0.1) is 0 Å². The lowest BCUT2D eigenvalue weighted by atomic mass is 10.1. The molecule has 8 aromatic carbocycles. The predicted octanol–water partition coefficient (Wildman–Crippen LogP) is 10.8. The van der Waals surface area contributed by atoms with Crippen LogP contribution in [0.25, 0.3) is 0 Å². The number of hydrogen-bond donors (Lipinski definition) is 0. The lowest BCUT2D eigenvalue weighted by Gasteiger charge is -2.44. The maximum Gasteiger partial charge on any atom is 0.261 e. The Bertz CT molecular complexity index is 2740. The molecular formula is C66H74O9P2Si2. The standard InChI is InChI=1S/C66H74O9P2Si2/c1-65(2,3)78(57-23-15-11-16-24-57,58-25-17-12-18-26-58)71-47-61-63(74-76(53-39-31-49(67-7)32-40-53)54-41-33-50(68-8)34-42-54)64(75-77(55-43-35-51(69-9)36-44-55)56-45-37-52(70-10)38-46-56)62(73-61)48-72-79(66(4,5)6,59-27-19-13-20-28-59)60-29-21-14-22-30-60/h11-46,61-64H,47-48H2,1-10H3/t61-,62-,63-,64-/m1/s1. The monoisotopic (exact) mass is 1130 g/mol. The van der Waals surface area contributed by atoms with Crippen LogP contribution < -0.4 is 60.9 Å². The van der Waals surface area contributed by atoms with Gasteiger partial charge < -0.3 is 41.6 Å². The first-order chi connectivity index (χ1) is 38.2. The molecule has 0 aliphatic carbocycles. The molecule has 8 aromatic rings. The minimum Gasteiger partial charge on any atom is -0.497 e. The smallest absolute Gasteiger partial charge is 0.261 e. The van der Waals surface area contributed by atoms with E-state index in [4.69, 9.17) is 41.6 Å². The van der Waals surface area contributed by atoms with Gasteiger partial charge in [0.1, 0.15) is 47.4 Å². The van der Waals surface area contributed by atoms with Crippen molar-refractivity contribution in [3.63, 3.8) is 0 Å². The molecule has 1 aliphatic rings. The molecule has 9 nitrogen and oxygen atoms in total. The van der Waals surface area contributed by atoms with E-state index in [1.165, 1.54) is 20.7 Å². The van der Waals surface area contributed by atoms with Crippen LogP contribution in [-0.4, -0.2) is 82.7 Å². The summed E-state index contributed by atoms with van der Waals surface area (Å²) in [5.74, 6) is 3.00. The average molecular weight is 1130 g/mol. The van der Waals surface area contributed by atoms with Gasteiger partial charge in [-0.25, -0.2) is 0 Å². The van der Waals surface area contributed by atoms with Crippen molar-refractivity contribution >= 4 is 74.9 Å². The molecular weight excluding hydrogens is 1050 g/mol. The second kappa shape index (κ2) is 25.7. The lowest BCUT2D eigenvalue weighted by molar-refractivity contribution is -0.0292. The highest BCUT2D eigenvalue weighted by Crippen LogP contribution is 2.48. The summed E-state index contributed by atoms with van der Waals surface area (Å²) in [7, 11) is -2.66. The molecule has 1 saturated heterocycles. The molecule has 0 radical (unpaired) electrons. The number of hydrogen-bond acceptors (Lipinski definition) is 9. The summed E-state index contributed by atoms with van der Waals surface area (Å²) in [6.07, 6.45) is -2.71. The van der Waals surface area contributed by atoms with Crippen LogP contribution in [0.2, 0.25) is 10.1 Å². The lowest BCUT2D eigenvalue weighted by Crippen LogP contribution is -2.67. The molecule has 0 aromatic heterocycles. The van der Waals surface area contributed by atoms with E-state index in [-0.39, 0.29) is 23.3 Å². The van der Waals surface area contributed by atoms with Gasteiger partial charge in [-0.1, -0.05) is 163 Å². The molecule has 13 heteroatoms. The number of methoxy groups -OCH3 is 4. The minimum absolute atomic E-state index is 0.199. The Hall–Kier alpha value is -5.95. The molecule has 0 unspecified atom stereocenters. The zero-order valence-corrected chi connectivity index (χ0v) is 50.9. The maximum absolute atomic E-state index is 7.96. The van der Waals surface area contributed by atoms with Gasteiger partial charge in [-0.15, -0.1) is 0 Å². The van der Waals surface area contributed by atoms with Gasteiger partial charge >= 0.3 is 0 Å². The predicted molar refractivity (Wildman–Crippen MR) is 330 cm³/mol. The van der Waals surface area contributed by atoms with Crippen molar-refractivity contribution in [2.45, 2.75) is 76.0 Å². The van der Waals surface area contributed by atoms with E-state index in [9.17, 15) is 0 Å². The summed E-state index contributed by atoms with van der Waals surface area (Å²) >= 11 is 0. The molecule has 0 saturated carbocycles. The Morgan fingerprint density at radius 2 is 0.570 bits per heavy atom. The molecule has 1 heterocycles. The van der Waals surface area contributed by atoms with Crippen LogP contribution in [0.5, 0.6) is 23.0 Å². The van der Waals surface area contributed by atoms with Crippen LogP contribution >= 0.6 is 16.3 Å². The van der Waals surface area contributed by atoms with Crippen molar-refractivity contribution in [2.75, 3.05) is 41.7 Å². The summed E-state index contributed by atoms with van der Waals surface area (Å²) < 4.78 is 62.2. The van der Waals surface area contributed by atoms with Gasteiger partial charge in [-0.05, 0) is 128 Å². The Labute approximate surface area is 473 Å². The van der Waals surface area contributed by atoms with Crippen LogP contribution in [0.4, 0.5) is 0 Å². The molecule has 0 bridgehead atoms. The van der Waals surface area contributed by atoms with Gasteiger partial charge in [-0.2, -0.15) is 0 Å². The summed E-state index contributed by atoms with van der Waals surface area (Å²) in [5, 5.41) is 8.02. The van der Waals surface area contributed by atoms with Crippen LogP contribution in [0.3, 0.4) is 0 Å². The summed E-state index contributed by atoms with van der Waals surface area (Å²) in [4.78, 5) is 0. The fraction of sp³-hybridized carbons (Fsp3) is 0.273. The molecule has 79 heavy (non-hydrogen) atoms. The highest BCUT2D eigenvalue weighted by atomic mass is 31.1. The van der Waals surface area contributed by atoms with E-state index < -0.39 is 57.3 Å². The van der Waals surface area contributed by atoms with E-state index in [1.54, 1.807) is 28.4 Å². The Kier molecular flexibility index (Phi) is 18.8. The van der Waals surface area contributed by atoms with Gasteiger partial charge in [0.2, 0.25) is 0 Å². The first kappa shape index (κ1) is 57.7. The molecule has 1 aliphatic heterocycles. The highest BCUT2D eigenvalue weighted by Gasteiger charge is 2.56. The zero-order valence-electron chi connectivity index (χ0n) is 47.1.